The number of rotatable bonds is 4. The van der Waals surface area contributed by atoms with Crippen LogP contribution in [-0.2, 0) is 9.53 Å². The molecule has 21 heavy (non-hydrogen) atoms. The van der Waals surface area contributed by atoms with Crippen LogP contribution < -0.4 is 11.1 Å². The van der Waals surface area contributed by atoms with Crippen LogP contribution in [0.15, 0.2) is 22.7 Å². The topological polar surface area (TPSA) is 81.4 Å². The van der Waals surface area contributed by atoms with E-state index in [-0.39, 0.29) is 18.4 Å². The fourth-order valence-corrected chi connectivity index (χ4v) is 3.10. The van der Waals surface area contributed by atoms with E-state index in [2.05, 4.69) is 21.2 Å². The largest absolute Gasteiger partial charge is 0.381 e. The number of benzene rings is 1. The summed E-state index contributed by atoms with van der Waals surface area (Å²) in [6.45, 7) is 3.16. The van der Waals surface area contributed by atoms with Crippen molar-refractivity contribution in [3.8, 4) is 0 Å². The molecule has 1 aromatic carbocycles. The van der Waals surface area contributed by atoms with Gasteiger partial charge in [-0.1, -0.05) is 15.9 Å². The van der Waals surface area contributed by atoms with E-state index in [1.807, 2.05) is 13.0 Å². The van der Waals surface area contributed by atoms with Gasteiger partial charge in [0.2, 0.25) is 5.91 Å². The second-order valence-corrected chi connectivity index (χ2v) is 6.37. The molecule has 3 N–H and O–H groups in total. The summed E-state index contributed by atoms with van der Waals surface area (Å²) in [5.74, 6) is -0.581. The zero-order chi connectivity index (χ0) is 15.5. The summed E-state index contributed by atoms with van der Waals surface area (Å²) in [7, 11) is 0. The van der Waals surface area contributed by atoms with Crippen LogP contribution in [0.25, 0.3) is 0 Å². The predicted molar refractivity (Wildman–Crippen MR) is 82.9 cm³/mol. The Hall–Kier alpha value is -1.40. The number of nitrogens with two attached hydrogens (primary N) is 1. The van der Waals surface area contributed by atoms with E-state index in [1.165, 1.54) is 0 Å². The fourth-order valence-electron chi connectivity index (χ4n) is 2.49. The molecule has 6 heteroatoms. The third-order valence-electron chi connectivity index (χ3n) is 3.86. The van der Waals surface area contributed by atoms with Crippen LogP contribution >= 0.6 is 15.9 Å². The number of hydrogen-bond acceptors (Lipinski definition) is 3. The van der Waals surface area contributed by atoms with Gasteiger partial charge < -0.3 is 15.8 Å². The maximum Gasteiger partial charge on any atom is 0.251 e. The Bertz CT molecular complexity index is 534. The van der Waals surface area contributed by atoms with E-state index >= 15 is 0 Å². The molecule has 0 bridgehead atoms. The lowest BCUT2D eigenvalue weighted by Crippen LogP contribution is -2.49. The summed E-state index contributed by atoms with van der Waals surface area (Å²) in [6.07, 6.45) is 1.08. The fraction of sp³-hybridized carbons (Fsp3) is 0.467. The van der Waals surface area contributed by atoms with E-state index in [4.69, 9.17) is 10.5 Å². The van der Waals surface area contributed by atoms with Gasteiger partial charge in [-0.2, -0.15) is 0 Å². The van der Waals surface area contributed by atoms with Crippen LogP contribution in [0.5, 0.6) is 0 Å². The first kappa shape index (κ1) is 16.0. The van der Waals surface area contributed by atoms with E-state index < -0.39 is 5.41 Å². The molecule has 1 aliphatic heterocycles. The van der Waals surface area contributed by atoms with Crippen molar-refractivity contribution >= 4 is 27.7 Å². The molecule has 1 heterocycles. The number of halogens is 1. The monoisotopic (exact) mass is 354 g/mol. The second-order valence-electron chi connectivity index (χ2n) is 5.46. The average molecular weight is 355 g/mol. The van der Waals surface area contributed by atoms with Crippen LogP contribution in [0.3, 0.4) is 0 Å². The molecular weight excluding hydrogens is 336 g/mol. The van der Waals surface area contributed by atoms with Gasteiger partial charge in [0.1, 0.15) is 0 Å². The van der Waals surface area contributed by atoms with Crippen molar-refractivity contribution < 1.29 is 14.3 Å². The molecule has 0 spiro atoms. The number of nitrogens with one attached hydrogen (secondary N) is 1. The Balaban J connectivity index is 2.06. The highest BCUT2D eigenvalue weighted by molar-refractivity contribution is 9.10. The van der Waals surface area contributed by atoms with Crippen LogP contribution in [0, 0.1) is 12.3 Å². The summed E-state index contributed by atoms with van der Waals surface area (Å²) in [5.41, 5.74) is 6.38. The van der Waals surface area contributed by atoms with Crippen LogP contribution in [-0.4, -0.2) is 31.6 Å². The molecule has 1 aliphatic rings. The first-order valence-electron chi connectivity index (χ1n) is 6.86. The van der Waals surface area contributed by atoms with E-state index in [9.17, 15) is 9.59 Å². The highest BCUT2D eigenvalue weighted by Crippen LogP contribution is 2.29. The predicted octanol–water partition coefficient (Wildman–Crippen LogP) is 1.77. The summed E-state index contributed by atoms with van der Waals surface area (Å²) in [6, 6.07) is 5.49. The van der Waals surface area contributed by atoms with Gasteiger partial charge in [-0.25, -0.2) is 0 Å². The Morgan fingerprint density at radius 1 is 1.33 bits per heavy atom. The zero-order valence-electron chi connectivity index (χ0n) is 11.9. The highest BCUT2D eigenvalue weighted by atomic mass is 79.9. The summed E-state index contributed by atoms with van der Waals surface area (Å²) in [4.78, 5) is 24.0. The molecule has 0 atom stereocenters. The third kappa shape index (κ3) is 3.83. The number of hydrogen-bond donors (Lipinski definition) is 2. The van der Waals surface area contributed by atoms with Gasteiger partial charge in [-0.15, -0.1) is 0 Å². The van der Waals surface area contributed by atoms with Gasteiger partial charge in [0, 0.05) is 29.8 Å². The molecule has 1 saturated heterocycles. The van der Waals surface area contributed by atoms with E-state index in [0.717, 1.165) is 10.0 Å². The first-order valence-corrected chi connectivity index (χ1v) is 7.65. The normalized spacial score (nSPS) is 17.2. The van der Waals surface area contributed by atoms with Crippen molar-refractivity contribution in [2.75, 3.05) is 19.8 Å². The molecule has 0 saturated carbocycles. The lowest BCUT2D eigenvalue weighted by Gasteiger charge is -2.34. The molecule has 5 nitrogen and oxygen atoms in total. The number of carbonyl (C=O) groups is 2. The average Bonchev–Trinajstić information content (AvgIpc) is 2.44. The molecule has 0 aliphatic carbocycles. The molecule has 2 amide bonds. The standard InChI is InChI=1S/C15H19BrN2O3/c1-10-6-11(8-12(16)7-10)13(19)18-9-15(14(17)20)2-4-21-5-3-15/h6-8H,2-5,9H2,1H3,(H2,17,20)(H,18,19). The Morgan fingerprint density at radius 3 is 2.57 bits per heavy atom. The Morgan fingerprint density at radius 2 is 2.00 bits per heavy atom. The maximum absolute atomic E-state index is 12.2. The van der Waals surface area contributed by atoms with E-state index in [1.54, 1.807) is 12.1 Å². The Kier molecular flexibility index (Phi) is 5.00. The molecule has 1 aromatic rings. The van der Waals surface area contributed by atoms with Crippen LogP contribution in [0.4, 0.5) is 0 Å². The first-order chi connectivity index (χ1) is 9.93. The number of primary amides is 1. The summed E-state index contributed by atoms with van der Waals surface area (Å²) < 4.78 is 6.12. The number of carbonyl (C=O) groups excluding carboxylic acids is 2. The van der Waals surface area contributed by atoms with Gasteiger partial charge in [0.05, 0.1) is 5.41 Å². The maximum atomic E-state index is 12.2. The van der Waals surface area contributed by atoms with Gasteiger partial charge in [-0.05, 0) is 43.5 Å². The van der Waals surface area contributed by atoms with Gasteiger partial charge in [0.25, 0.3) is 5.91 Å². The number of aryl methyl sites for hydroxylation is 1. The third-order valence-corrected chi connectivity index (χ3v) is 4.32. The molecule has 0 aromatic heterocycles. The van der Waals surface area contributed by atoms with Crippen molar-refractivity contribution in [3.05, 3.63) is 33.8 Å². The SMILES string of the molecule is Cc1cc(Br)cc(C(=O)NCC2(C(N)=O)CCOCC2)c1. The molecule has 0 radical (unpaired) electrons. The minimum absolute atomic E-state index is 0.202. The minimum Gasteiger partial charge on any atom is -0.381 e. The second kappa shape index (κ2) is 6.58. The molecule has 2 rings (SSSR count). The van der Waals surface area contributed by atoms with Crippen molar-refractivity contribution in [1.29, 1.82) is 0 Å². The van der Waals surface area contributed by atoms with Crippen molar-refractivity contribution in [1.82, 2.24) is 5.32 Å². The molecular formula is C15H19BrN2O3. The van der Waals surface area contributed by atoms with Crippen molar-refractivity contribution in [2.45, 2.75) is 19.8 Å². The van der Waals surface area contributed by atoms with Gasteiger partial charge in [0.15, 0.2) is 0 Å². The summed E-state index contributed by atoms with van der Waals surface area (Å²) >= 11 is 3.37. The molecule has 1 fully saturated rings. The quantitative estimate of drug-likeness (QED) is 0.864. The van der Waals surface area contributed by atoms with Crippen LogP contribution in [0.2, 0.25) is 0 Å². The van der Waals surface area contributed by atoms with Crippen molar-refractivity contribution in [3.63, 3.8) is 0 Å². The summed E-state index contributed by atoms with van der Waals surface area (Å²) in [5, 5.41) is 2.83. The number of ether oxygens (including phenoxy) is 1. The minimum atomic E-state index is -0.699. The molecule has 114 valence electrons. The smallest absolute Gasteiger partial charge is 0.251 e. The van der Waals surface area contributed by atoms with Crippen LogP contribution in [0.1, 0.15) is 28.8 Å². The molecule has 0 unspecified atom stereocenters. The van der Waals surface area contributed by atoms with Crippen molar-refractivity contribution in [2.24, 2.45) is 11.1 Å². The number of amides is 2. The van der Waals surface area contributed by atoms with Gasteiger partial charge in [-0.3, -0.25) is 9.59 Å². The lowest BCUT2D eigenvalue weighted by molar-refractivity contribution is -0.132. The Labute approximate surface area is 132 Å². The zero-order valence-corrected chi connectivity index (χ0v) is 13.5. The highest BCUT2D eigenvalue weighted by Gasteiger charge is 2.38. The lowest BCUT2D eigenvalue weighted by atomic mass is 9.79. The van der Waals surface area contributed by atoms with Gasteiger partial charge >= 0.3 is 0 Å². The van der Waals surface area contributed by atoms with E-state index in [0.29, 0.717) is 31.6 Å².